The number of nitrogens with zero attached hydrogens (tertiary/aromatic N) is 3. The van der Waals surface area contributed by atoms with Crippen molar-refractivity contribution in [1.29, 1.82) is 5.26 Å². The van der Waals surface area contributed by atoms with E-state index in [0.717, 1.165) is 37.9 Å². The Bertz CT molecular complexity index is 1340. The van der Waals surface area contributed by atoms with Crippen molar-refractivity contribution in [3.8, 4) is 23.2 Å². The minimum atomic E-state index is -4.72. The molecule has 0 aliphatic heterocycles. The number of nitriles is 1. The topological polar surface area (TPSA) is 97.0 Å². The van der Waals surface area contributed by atoms with Crippen LogP contribution < -0.4 is 9.46 Å². The van der Waals surface area contributed by atoms with Gasteiger partial charge in [0, 0.05) is 17.6 Å². The minimum Gasteiger partial charge on any atom is -0.497 e. The molecule has 0 amide bonds. The Morgan fingerprint density at radius 3 is 2.52 bits per heavy atom. The van der Waals surface area contributed by atoms with Gasteiger partial charge in [-0.25, -0.2) is 8.42 Å². The Hall–Kier alpha value is -3.10. The fourth-order valence-electron chi connectivity index (χ4n) is 3.86. The molecule has 1 fully saturated rings. The summed E-state index contributed by atoms with van der Waals surface area (Å²) in [7, 11) is -2.90. The van der Waals surface area contributed by atoms with Crippen LogP contribution in [0.1, 0.15) is 37.8 Å². The molecule has 1 atom stereocenters. The van der Waals surface area contributed by atoms with E-state index in [1.807, 2.05) is 10.6 Å². The van der Waals surface area contributed by atoms with Gasteiger partial charge in [-0.1, -0.05) is 0 Å². The molecule has 0 unspecified atom stereocenters. The number of benzene rings is 1. The van der Waals surface area contributed by atoms with Crippen LogP contribution in [0.5, 0.6) is 5.75 Å². The largest absolute Gasteiger partial charge is 0.497 e. The number of halogens is 3. The van der Waals surface area contributed by atoms with Crippen molar-refractivity contribution in [2.75, 3.05) is 7.11 Å². The van der Waals surface area contributed by atoms with Crippen LogP contribution in [-0.2, 0) is 10.0 Å². The zero-order valence-electron chi connectivity index (χ0n) is 17.8. The Morgan fingerprint density at radius 2 is 2.00 bits per heavy atom. The third-order valence-corrected chi connectivity index (χ3v) is 7.40. The maximum Gasteiger partial charge on any atom is 0.404 e. The number of hydrogen-bond donors (Lipinski definition) is 1. The lowest BCUT2D eigenvalue weighted by Gasteiger charge is -2.30. The van der Waals surface area contributed by atoms with E-state index >= 15 is 0 Å². The highest BCUT2D eigenvalue weighted by molar-refractivity contribution is 7.89. The van der Waals surface area contributed by atoms with Crippen LogP contribution in [0.2, 0.25) is 0 Å². The minimum absolute atomic E-state index is 0.164. The van der Waals surface area contributed by atoms with Gasteiger partial charge in [-0.3, -0.25) is 4.98 Å². The van der Waals surface area contributed by atoms with Crippen molar-refractivity contribution in [2.24, 2.45) is 0 Å². The Morgan fingerprint density at radius 1 is 1.27 bits per heavy atom. The summed E-state index contributed by atoms with van der Waals surface area (Å²) in [6, 6.07) is 8.20. The van der Waals surface area contributed by atoms with Crippen molar-refractivity contribution in [2.45, 2.75) is 49.3 Å². The molecular formula is C22H21F3N4O3S. The van der Waals surface area contributed by atoms with Crippen molar-refractivity contribution in [3.63, 3.8) is 0 Å². The number of methoxy groups -OCH3 is 1. The third-order valence-electron chi connectivity index (χ3n) is 5.87. The predicted molar refractivity (Wildman–Crippen MR) is 115 cm³/mol. The normalized spacial score (nSPS) is 15.8. The Labute approximate surface area is 188 Å². The maximum absolute atomic E-state index is 12.8. The van der Waals surface area contributed by atoms with Crippen molar-refractivity contribution < 1.29 is 26.3 Å². The number of alkyl halides is 3. The molecule has 174 valence electrons. The Kier molecular flexibility index (Phi) is 5.84. The molecule has 4 rings (SSSR count). The first-order valence-electron chi connectivity index (χ1n) is 10.2. The van der Waals surface area contributed by atoms with Gasteiger partial charge < -0.3 is 9.30 Å². The molecule has 1 aromatic carbocycles. The van der Waals surface area contributed by atoms with E-state index in [0.29, 0.717) is 28.1 Å². The summed E-state index contributed by atoms with van der Waals surface area (Å²) in [5, 5.41) is 10.6. The summed E-state index contributed by atoms with van der Waals surface area (Å²) in [5.41, 5.74) is 2.12. The smallest absolute Gasteiger partial charge is 0.404 e. The van der Waals surface area contributed by atoms with Crippen LogP contribution in [0.3, 0.4) is 0 Å². The summed E-state index contributed by atoms with van der Waals surface area (Å²) >= 11 is 0. The molecule has 0 bridgehead atoms. The summed E-state index contributed by atoms with van der Waals surface area (Å²) in [6.45, 7) is 0.726. The predicted octanol–water partition coefficient (Wildman–Crippen LogP) is 4.54. The number of fused-ring (bicyclic) bond motifs is 1. The zero-order chi connectivity index (χ0) is 24.0. The van der Waals surface area contributed by atoms with Crippen LogP contribution in [0, 0.1) is 11.3 Å². The highest BCUT2D eigenvalue weighted by Gasteiger charge is 2.39. The van der Waals surface area contributed by atoms with E-state index in [1.54, 1.807) is 16.9 Å². The number of nitrogens with one attached hydrogen (secondary N) is 1. The van der Waals surface area contributed by atoms with E-state index in [-0.39, 0.29) is 6.04 Å². The molecule has 11 heteroatoms. The van der Waals surface area contributed by atoms with E-state index in [4.69, 9.17) is 4.74 Å². The molecule has 3 aromatic rings. The van der Waals surface area contributed by atoms with Gasteiger partial charge in [0.25, 0.3) is 0 Å². The lowest BCUT2D eigenvalue weighted by atomic mass is 9.92. The molecule has 1 aliphatic rings. The first-order valence-corrected chi connectivity index (χ1v) is 11.7. The summed E-state index contributed by atoms with van der Waals surface area (Å²) < 4.78 is 72.1. The first kappa shape index (κ1) is 23.1. The summed E-state index contributed by atoms with van der Waals surface area (Å²) in [4.78, 5) is 3.83. The molecule has 0 saturated heterocycles. The monoisotopic (exact) mass is 478 g/mol. The fraction of sp³-hybridized carbons (Fsp3) is 0.364. The van der Waals surface area contributed by atoms with Crippen LogP contribution in [0.25, 0.3) is 22.3 Å². The number of sulfonamides is 1. The quantitative estimate of drug-likeness (QED) is 0.561. The van der Waals surface area contributed by atoms with Gasteiger partial charge in [0.1, 0.15) is 22.8 Å². The number of pyridine rings is 1. The molecule has 1 saturated carbocycles. The van der Waals surface area contributed by atoms with Crippen molar-refractivity contribution in [1.82, 2.24) is 14.3 Å². The molecule has 2 heterocycles. The molecule has 7 nitrogen and oxygen atoms in total. The van der Waals surface area contributed by atoms with Gasteiger partial charge in [-0.05, 0) is 56.5 Å². The Balaban J connectivity index is 1.80. The lowest BCUT2D eigenvalue weighted by Crippen LogP contribution is -2.42. The second-order valence-corrected chi connectivity index (χ2v) is 9.65. The molecule has 0 spiro atoms. The molecular weight excluding hydrogens is 457 g/mol. The maximum atomic E-state index is 12.8. The van der Waals surface area contributed by atoms with E-state index < -0.39 is 27.1 Å². The van der Waals surface area contributed by atoms with E-state index in [9.17, 15) is 26.9 Å². The second kappa shape index (κ2) is 8.35. The highest BCUT2D eigenvalue weighted by Crippen LogP contribution is 2.42. The molecule has 2 aromatic heterocycles. The standard InChI is InChI=1S/C22H21F3N4O3S/c1-13(22(23,24)25)28-33(30,31)16-7-8-19(27-12-16)21-18(11-26)17-10-15(32-2)6-9-20(17)29(21)14-4-3-5-14/h6-10,12-14,28H,3-5H2,1-2H3/t13-/m1/s1. The van der Waals surface area contributed by atoms with Gasteiger partial charge in [0.15, 0.2) is 0 Å². The van der Waals surface area contributed by atoms with Crippen LogP contribution in [0.15, 0.2) is 41.4 Å². The second-order valence-electron chi connectivity index (χ2n) is 7.94. The van der Waals surface area contributed by atoms with Crippen molar-refractivity contribution >= 4 is 20.9 Å². The van der Waals surface area contributed by atoms with Gasteiger partial charge in [0.05, 0.1) is 29.6 Å². The summed E-state index contributed by atoms with van der Waals surface area (Å²) in [5.74, 6) is 0.593. The van der Waals surface area contributed by atoms with Gasteiger partial charge in [0.2, 0.25) is 10.0 Å². The number of hydrogen-bond acceptors (Lipinski definition) is 5. The van der Waals surface area contributed by atoms with Crippen molar-refractivity contribution in [3.05, 3.63) is 42.1 Å². The first-order chi connectivity index (χ1) is 15.6. The number of ether oxygens (including phenoxy) is 1. The highest BCUT2D eigenvalue weighted by atomic mass is 32.2. The SMILES string of the molecule is COc1ccc2c(c1)c(C#N)c(-c1ccc(S(=O)(=O)N[C@H](C)C(F)(F)F)cn1)n2C1CCC1. The fourth-order valence-corrected chi connectivity index (χ4v) is 5.03. The van der Waals surface area contributed by atoms with Gasteiger partial charge in [-0.15, -0.1) is 0 Å². The lowest BCUT2D eigenvalue weighted by molar-refractivity contribution is -0.147. The van der Waals surface area contributed by atoms with E-state index in [2.05, 4.69) is 11.1 Å². The molecule has 0 radical (unpaired) electrons. The van der Waals surface area contributed by atoms with Crippen LogP contribution in [0.4, 0.5) is 13.2 Å². The van der Waals surface area contributed by atoms with E-state index in [1.165, 1.54) is 19.2 Å². The molecule has 1 aliphatic carbocycles. The van der Waals surface area contributed by atoms with Crippen LogP contribution in [-0.4, -0.2) is 37.3 Å². The zero-order valence-corrected chi connectivity index (χ0v) is 18.7. The summed E-state index contributed by atoms with van der Waals surface area (Å²) in [6.07, 6.45) is -0.799. The number of aromatic nitrogens is 2. The number of rotatable bonds is 6. The third kappa shape index (κ3) is 4.16. The van der Waals surface area contributed by atoms with Gasteiger partial charge in [-0.2, -0.15) is 23.2 Å². The average Bonchev–Trinajstić information content (AvgIpc) is 3.04. The van der Waals surface area contributed by atoms with Crippen LogP contribution >= 0.6 is 0 Å². The molecule has 33 heavy (non-hydrogen) atoms. The average molecular weight is 478 g/mol. The molecule has 1 N–H and O–H groups in total. The van der Waals surface area contributed by atoms with Gasteiger partial charge >= 0.3 is 6.18 Å².